The lowest BCUT2D eigenvalue weighted by atomic mass is 9.98. The second-order valence-electron chi connectivity index (χ2n) is 7.32. The third-order valence-electron chi connectivity index (χ3n) is 4.94. The van der Waals surface area contributed by atoms with Crippen molar-refractivity contribution >= 4 is 21.4 Å². The molecule has 0 bridgehead atoms. The first kappa shape index (κ1) is 24.0. The van der Waals surface area contributed by atoms with Gasteiger partial charge in [0.05, 0.1) is 33.1 Å². The Balaban J connectivity index is 2.30. The number of hydrogen-bond acceptors (Lipinski definition) is 5. The number of amides is 1. The Bertz CT molecular complexity index is 1330. The summed E-state index contributed by atoms with van der Waals surface area (Å²) < 4.78 is 62.4. The largest absolute Gasteiger partial charge is 0.416 e. The Morgan fingerprint density at radius 3 is 2.21 bits per heavy atom. The second kappa shape index (κ2) is 8.70. The van der Waals surface area contributed by atoms with Crippen molar-refractivity contribution in [1.82, 2.24) is 4.98 Å². The van der Waals surface area contributed by atoms with Gasteiger partial charge >= 0.3 is 6.18 Å². The molecule has 1 amide bonds. The zero-order valence-corrected chi connectivity index (χ0v) is 18.0. The zero-order valence-electron chi connectivity index (χ0n) is 17.1. The van der Waals surface area contributed by atoms with Crippen LogP contribution in [0.15, 0.2) is 48.5 Å². The summed E-state index contributed by atoms with van der Waals surface area (Å²) in [4.78, 5) is 26.1. The Labute approximate surface area is 186 Å². The van der Waals surface area contributed by atoms with Gasteiger partial charge in [-0.05, 0) is 35.7 Å². The molecule has 0 unspecified atom stereocenters. The van der Waals surface area contributed by atoms with Gasteiger partial charge in [-0.3, -0.25) is 14.9 Å². The summed E-state index contributed by atoms with van der Waals surface area (Å²) >= 11 is 0. The molecule has 0 aliphatic heterocycles. The Morgan fingerprint density at radius 1 is 1.09 bits per heavy atom. The number of hydrogen-bond donors (Lipinski definition) is 2. The molecule has 0 saturated heterocycles. The number of para-hydroxylation sites is 1. The first-order valence-corrected chi connectivity index (χ1v) is 11.5. The molecular formula is C21H18F3N3O5S. The SMILES string of the molecule is CS(=O)(=O)CCc1c(-c2ccc(C(F)(F)F)cc2)[nH]c(-c2ccccc2[N+](=O)[O-])c1C(N)=O. The first-order chi connectivity index (χ1) is 15.3. The van der Waals surface area contributed by atoms with E-state index in [4.69, 9.17) is 5.73 Å². The van der Waals surface area contributed by atoms with Crippen LogP contribution in [-0.2, 0) is 22.4 Å². The van der Waals surface area contributed by atoms with E-state index in [0.717, 1.165) is 30.5 Å². The van der Waals surface area contributed by atoms with Gasteiger partial charge in [0.1, 0.15) is 9.84 Å². The van der Waals surface area contributed by atoms with Gasteiger partial charge in [0.2, 0.25) is 0 Å². The second-order valence-corrected chi connectivity index (χ2v) is 9.58. The number of aromatic nitrogens is 1. The number of sulfone groups is 1. The molecule has 3 aromatic rings. The molecule has 8 nitrogen and oxygen atoms in total. The molecule has 0 saturated carbocycles. The fourth-order valence-corrected chi connectivity index (χ4v) is 4.04. The van der Waals surface area contributed by atoms with Crippen molar-refractivity contribution in [3.8, 4) is 22.5 Å². The Kier molecular flexibility index (Phi) is 6.32. The lowest BCUT2D eigenvalue weighted by Gasteiger charge is -2.09. The van der Waals surface area contributed by atoms with E-state index < -0.39 is 32.4 Å². The smallest absolute Gasteiger partial charge is 0.366 e. The molecule has 0 fully saturated rings. The predicted octanol–water partition coefficient (Wildman–Crippen LogP) is 3.96. The molecule has 174 valence electrons. The van der Waals surface area contributed by atoms with E-state index in [2.05, 4.69) is 4.98 Å². The number of carbonyl (C=O) groups excluding carboxylic acids is 1. The van der Waals surface area contributed by atoms with Crippen molar-refractivity contribution in [3.63, 3.8) is 0 Å². The molecule has 3 N–H and O–H groups in total. The van der Waals surface area contributed by atoms with Crippen LogP contribution in [0.4, 0.5) is 18.9 Å². The number of rotatable bonds is 7. The molecule has 2 aromatic carbocycles. The van der Waals surface area contributed by atoms with Crippen LogP contribution in [0.25, 0.3) is 22.5 Å². The predicted molar refractivity (Wildman–Crippen MR) is 115 cm³/mol. The number of primary amides is 1. The van der Waals surface area contributed by atoms with Crippen LogP contribution < -0.4 is 5.73 Å². The maximum Gasteiger partial charge on any atom is 0.416 e. The van der Waals surface area contributed by atoms with E-state index in [1.165, 1.54) is 24.3 Å². The summed E-state index contributed by atoms with van der Waals surface area (Å²) in [6.45, 7) is 0. The summed E-state index contributed by atoms with van der Waals surface area (Å²) in [5.74, 6) is -1.35. The highest BCUT2D eigenvalue weighted by Crippen LogP contribution is 2.39. The lowest BCUT2D eigenvalue weighted by Crippen LogP contribution is -2.16. The van der Waals surface area contributed by atoms with Crippen molar-refractivity contribution in [2.24, 2.45) is 5.73 Å². The van der Waals surface area contributed by atoms with Crippen LogP contribution in [0.2, 0.25) is 0 Å². The summed E-state index contributed by atoms with van der Waals surface area (Å²) in [6.07, 6.45) is -3.77. The molecule has 1 aromatic heterocycles. The van der Waals surface area contributed by atoms with E-state index in [1.54, 1.807) is 0 Å². The lowest BCUT2D eigenvalue weighted by molar-refractivity contribution is -0.384. The molecule has 0 atom stereocenters. The van der Waals surface area contributed by atoms with E-state index in [9.17, 15) is 36.5 Å². The van der Waals surface area contributed by atoms with Gasteiger partial charge in [-0.2, -0.15) is 13.2 Å². The number of alkyl halides is 3. The molecule has 0 aliphatic carbocycles. The minimum Gasteiger partial charge on any atom is -0.366 e. The number of nitrogens with one attached hydrogen (secondary N) is 1. The maximum absolute atomic E-state index is 13.0. The van der Waals surface area contributed by atoms with Gasteiger partial charge in [0, 0.05) is 18.0 Å². The molecule has 0 radical (unpaired) electrons. The fraction of sp³-hybridized carbons (Fsp3) is 0.190. The third kappa shape index (κ3) is 5.22. The topological polar surface area (TPSA) is 136 Å². The van der Waals surface area contributed by atoms with Crippen LogP contribution in [0.5, 0.6) is 0 Å². The summed E-state index contributed by atoms with van der Waals surface area (Å²) in [6, 6.07) is 9.52. The van der Waals surface area contributed by atoms with E-state index in [0.29, 0.717) is 0 Å². The monoisotopic (exact) mass is 481 g/mol. The van der Waals surface area contributed by atoms with E-state index >= 15 is 0 Å². The minimum absolute atomic E-state index is 0.0202. The Morgan fingerprint density at radius 2 is 1.70 bits per heavy atom. The molecule has 33 heavy (non-hydrogen) atoms. The normalized spacial score (nSPS) is 12.0. The van der Waals surface area contributed by atoms with Gasteiger partial charge in [-0.25, -0.2) is 8.42 Å². The highest BCUT2D eigenvalue weighted by atomic mass is 32.2. The molecule has 0 spiro atoms. The molecule has 12 heteroatoms. The number of carbonyl (C=O) groups is 1. The number of H-pyrrole nitrogens is 1. The van der Waals surface area contributed by atoms with Gasteiger partial charge in [0.25, 0.3) is 11.6 Å². The van der Waals surface area contributed by atoms with Gasteiger partial charge in [-0.1, -0.05) is 24.3 Å². The van der Waals surface area contributed by atoms with Gasteiger partial charge in [0.15, 0.2) is 0 Å². The number of nitrogens with zero attached hydrogens (tertiary/aromatic N) is 1. The highest BCUT2D eigenvalue weighted by molar-refractivity contribution is 7.90. The first-order valence-electron chi connectivity index (χ1n) is 9.43. The molecule has 1 heterocycles. The maximum atomic E-state index is 13.0. The third-order valence-corrected chi connectivity index (χ3v) is 5.89. The standard InChI is InChI=1S/C21H18F3N3O5S/c1-33(31,32)11-10-15-17(20(25)28)19(14-4-2-3-5-16(14)27(29)30)26-18(15)12-6-8-13(9-7-12)21(22,23)24/h2-9,26H,10-11H2,1H3,(H2,25,28). The van der Waals surface area contributed by atoms with Crippen LogP contribution in [0.3, 0.4) is 0 Å². The fourth-order valence-electron chi connectivity index (χ4n) is 3.47. The van der Waals surface area contributed by atoms with Crippen LogP contribution in [0.1, 0.15) is 21.5 Å². The van der Waals surface area contributed by atoms with Crippen LogP contribution in [-0.4, -0.2) is 36.2 Å². The van der Waals surface area contributed by atoms with Crippen LogP contribution >= 0.6 is 0 Å². The highest BCUT2D eigenvalue weighted by Gasteiger charge is 2.31. The van der Waals surface area contributed by atoms with Crippen molar-refractivity contribution < 1.29 is 31.3 Å². The average Bonchev–Trinajstić information content (AvgIpc) is 3.11. The minimum atomic E-state index is -4.57. The summed E-state index contributed by atoms with van der Waals surface area (Å²) in [7, 11) is -3.49. The zero-order chi connectivity index (χ0) is 24.6. The van der Waals surface area contributed by atoms with E-state index in [-0.39, 0.29) is 51.5 Å². The van der Waals surface area contributed by atoms with Gasteiger partial charge < -0.3 is 10.7 Å². The molecule has 3 rings (SSSR count). The average molecular weight is 481 g/mol. The molecule has 0 aliphatic rings. The number of nitro benzene ring substituents is 1. The summed E-state index contributed by atoms with van der Waals surface area (Å²) in [5.41, 5.74) is 4.67. The Hall–Kier alpha value is -3.67. The summed E-state index contributed by atoms with van der Waals surface area (Å²) in [5, 5.41) is 11.5. The van der Waals surface area contributed by atoms with E-state index in [1.807, 2.05) is 0 Å². The molecular weight excluding hydrogens is 463 g/mol. The number of nitrogens with two attached hydrogens (primary N) is 1. The van der Waals surface area contributed by atoms with Crippen molar-refractivity contribution in [2.45, 2.75) is 12.6 Å². The van der Waals surface area contributed by atoms with Crippen molar-refractivity contribution in [3.05, 3.63) is 75.3 Å². The number of nitro groups is 1. The van der Waals surface area contributed by atoms with Crippen molar-refractivity contribution in [1.29, 1.82) is 0 Å². The van der Waals surface area contributed by atoms with Crippen molar-refractivity contribution in [2.75, 3.05) is 12.0 Å². The number of benzene rings is 2. The number of halogens is 3. The van der Waals surface area contributed by atoms with Gasteiger partial charge in [-0.15, -0.1) is 0 Å². The number of aromatic amines is 1. The quantitative estimate of drug-likeness (QED) is 0.389. The van der Waals surface area contributed by atoms with Crippen LogP contribution in [0, 0.1) is 10.1 Å².